The lowest BCUT2D eigenvalue weighted by molar-refractivity contribution is -0.119. The average Bonchev–Trinajstić information content (AvgIpc) is 2.77. The van der Waals surface area contributed by atoms with E-state index in [1.54, 1.807) is 0 Å². The Labute approximate surface area is 174 Å². The molecule has 4 aromatic rings. The maximum absolute atomic E-state index is 13.2. The van der Waals surface area contributed by atoms with Crippen LogP contribution in [0.2, 0.25) is 0 Å². The molecular formula is C25H21N3O2. The van der Waals surface area contributed by atoms with Crippen LogP contribution in [0.25, 0.3) is 27.9 Å². The van der Waals surface area contributed by atoms with Crippen LogP contribution in [-0.4, -0.2) is 22.8 Å². The third kappa shape index (κ3) is 4.05. The number of nitrogens with zero attached hydrogens (tertiary/aromatic N) is 1. The molecule has 0 saturated heterocycles. The van der Waals surface area contributed by atoms with Gasteiger partial charge in [-0.1, -0.05) is 78.9 Å². The van der Waals surface area contributed by atoms with E-state index in [9.17, 15) is 9.59 Å². The summed E-state index contributed by atoms with van der Waals surface area (Å²) < 4.78 is 0. The second-order valence-corrected chi connectivity index (χ2v) is 7.00. The zero-order valence-corrected chi connectivity index (χ0v) is 16.3. The Morgan fingerprint density at radius 3 is 2.03 bits per heavy atom. The summed E-state index contributed by atoms with van der Waals surface area (Å²) >= 11 is 0. The molecule has 0 spiro atoms. The van der Waals surface area contributed by atoms with E-state index in [2.05, 4.69) is 10.3 Å². The van der Waals surface area contributed by atoms with Crippen LogP contribution in [0, 0.1) is 0 Å². The van der Waals surface area contributed by atoms with Gasteiger partial charge in [-0.05, 0) is 24.1 Å². The van der Waals surface area contributed by atoms with Gasteiger partial charge >= 0.3 is 0 Å². The number of nitrogens with one attached hydrogen (secondary N) is 1. The van der Waals surface area contributed by atoms with E-state index in [0.717, 1.165) is 27.4 Å². The third-order valence-electron chi connectivity index (χ3n) is 4.95. The summed E-state index contributed by atoms with van der Waals surface area (Å²) in [5.74, 6) is -0.926. The minimum Gasteiger partial charge on any atom is -0.368 e. The first-order valence-corrected chi connectivity index (χ1v) is 9.73. The van der Waals surface area contributed by atoms with Gasteiger partial charge in [0.2, 0.25) is 5.91 Å². The van der Waals surface area contributed by atoms with Gasteiger partial charge in [0.25, 0.3) is 5.91 Å². The molecule has 1 aromatic heterocycles. The molecule has 0 unspecified atom stereocenters. The second-order valence-electron chi connectivity index (χ2n) is 7.00. The van der Waals surface area contributed by atoms with Crippen LogP contribution in [0.15, 0.2) is 84.9 Å². The molecule has 0 saturated carbocycles. The van der Waals surface area contributed by atoms with Crippen molar-refractivity contribution < 1.29 is 9.59 Å². The minimum absolute atomic E-state index is 0.302. The molecule has 0 aliphatic heterocycles. The maximum atomic E-state index is 13.2. The fourth-order valence-corrected chi connectivity index (χ4v) is 3.47. The van der Waals surface area contributed by atoms with Gasteiger partial charge < -0.3 is 11.1 Å². The first-order chi connectivity index (χ1) is 14.6. The fraction of sp³-hybridized carbons (Fsp3) is 0.0800. The molecule has 0 aliphatic carbocycles. The van der Waals surface area contributed by atoms with Gasteiger partial charge in [-0.15, -0.1) is 0 Å². The van der Waals surface area contributed by atoms with Crippen molar-refractivity contribution >= 4 is 39.7 Å². The highest BCUT2D eigenvalue weighted by Crippen LogP contribution is 2.26. The summed E-state index contributed by atoms with van der Waals surface area (Å²) in [7, 11) is 0. The maximum Gasteiger partial charge on any atom is 0.253 e. The highest BCUT2D eigenvalue weighted by atomic mass is 16.2. The Bertz CT molecular complexity index is 1200. The number of pyridine rings is 1. The van der Waals surface area contributed by atoms with Gasteiger partial charge in [0.15, 0.2) is 0 Å². The minimum atomic E-state index is -0.817. The van der Waals surface area contributed by atoms with E-state index in [1.807, 2.05) is 91.0 Å². The van der Waals surface area contributed by atoms with Gasteiger partial charge in [0.1, 0.15) is 6.04 Å². The highest BCUT2D eigenvalue weighted by molar-refractivity contribution is 6.16. The number of primary amides is 1. The lowest BCUT2D eigenvalue weighted by Crippen LogP contribution is -2.44. The van der Waals surface area contributed by atoms with Crippen molar-refractivity contribution in [3.05, 3.63) is 96.1 Å². The smallest absolute Gasteiger partial charge is 0.253 e. The number of hydrogen-bond donors (Lipinski definition) is 2. The Kier molecular flexibility index (Phi) is 5.52. The summed E-state index contributed by atoms with van der Waals surface area (Å²) in [6.45, 7) is 0. The van der Waals surface area contributed by atoms with Crippen LogP contribution in [-0.2, 0) is 4.79 Å². The van der Waals surface area contributed by atoms with E-state index in [-0.39, 0.29) is 5.91 Å². The third-order valence-corrected chi connectivity index (χ3v) is 4.95. The number of amides is 2. The van der Waals surface area contributed by atoms with Crippen molar-refractivity contribution in [3.63, 3.8) is 0 Å². The van der Waals surface area contributed by atoms with Gasteiger partial charge in [-0.3, -0.25) is 9.59 Å². The molecule has 3 N–H and O–H groups in total. The molecule has 0 radical (unpaired) electrons. The molecule has 30 heavy (non-hydrogen) atoms. The van der Waals surface area contributed by atoms with Crippen LogP contribution in [0.1, 0.15) is 22.3 Å². The average molecular weight is 395 g/mol. The second kappa shape index (κ2) is 8.57. The number of hydrogen-bond acceptors (Lipinski definition) is 3. The highest BCUT2D eigenvalue weighted by Gasteiger charge is 2.21. The zero-order chi connectivity index (χ0) is 20.9. The van der Waals surface area contributed by atoms with Crippen LogP contribution < -0.4 is 11.1 Å². The molecular weight excluding hydrogens is 374 g/mol. The Hall–Kier alpha value is -3.99. The molecule has 5 heteroatoms. The van der Waals surface area contributed by atoms with Gasteiger partial charge in [0.05, 0.1) is 16.6 Å². The van der Waals surface area contributed by atoms with Crippen molar-refractivity contribution in [2.75, 3.05) is 0 Å². The number of rotatable bonds is 6. The number of aromatic nitrogens is 1. The number of benzene rings is 3. The molecule has 2 amide bonds. The summed E-state index contributed by atoms with van der Waals surface area (Å²) in [5, 5.41) is 4.28. The van der Waals surface area contributed by atoms with Crippen molar-refractivity contribution in [1.29, 1.82) is 0 Å². The molecule has 4 rings (SSSR count). The summed E-state index contributed by atoms with van der Waals surface area (Å²) in [4.78, 5) is 29.9. The fourth-order valence-electron chi connectivity index (χ4n) is 3.47. The van der Waals surface area contributed by atoms with E-state index in [1.165, 1.54) is 0 Å². The lowest BCUT2D eigenvalue weighted by Gasteiger charge is -2.16. The molecule has 5 nitrogen and oxygen atoms in total. The number of fused-ring (bicyclic) bond motifs is 2. The SMILES string of the molecule is NC(=O)[C@@H](C/C=C/c1ccccc1)NC(=O)c1c2ccccc2nc2ccccc12. The van der Waals surface area contributed by atoms with E-state index < -0.39 is 11.9 Å². The van der Waals surface area contributed by atoms with E-state index >= 15 is 0 Å². The van der Waals surface area contributed by atoms with E-state index in [0.29, 0.717) is 12.0 Å². The van der Waals surface area contributed by atoms with Crippen molar-refractivity contribution in [2.24, 2.45) is 5.73 Å². The molecule has 148 valence electrons. The molecule has 1 atom stereocenters. The van der Waals surface area contributed by atoms with Crippen LogP contribution in [0.3, 0.4) is 0 Å². The van der Waals surface area contributed by atoms with Crippen molar-refractivity contribution in [3.8, 4) is 0 Å². The Morgan fingerprint density at radius 1 is 0.867 bits per heavy atom. The number of para-hydroxylation sites is 2. The molecule has 0 bridgehead atoms. The molecule has 0 aliphatic rings. The Morgan fingerprint density at radius 2 is 1.43 bits per heavy atom. The zero-order valence-electron chi connectivity index (χ0n) is 16.3. The summed E-state index contributed by atoms with van der Waals surface area (Å²) in [5.41, 5.74) is 8.52. The van der Waals surface area contributed by atoms with Crippen LogP contribution in [0.4, 0.5) is 0 Å². The van der Waals surface area contributed by atoms with Crippen LogP contribution in [0.5, 0.6) is 0 Å². The monoisotopic (exact) mass is 395 g/mol. The topological polar surface area (TPSA) is 85.1 Å². The van der Waals surface area contributed by atoms with E-state index in [4.69, 9.17) is 5.73 Å². The van der Waals surface area contributed by atoms with Crippen LogP contribution >= 0.6 is 0 Å². The predicted molar refractivity (Wildman–Crippen MR) is 120 cm³/mol. The molecule has 3 aromatic carbocycles. The first kappa shape index (κ1) is 19.3. The molecule has 1 heterocycles. The standard InChI is InChI=1S/C25H21N3O2/c26-24(29)22(16-8-11-17-9-2-1-3-10-17)28-25(30)23-18-12-4-6-14-20(18)27-21-15-7-5-13-19(21)23/h1-15,22H,16H2,(H2,26,29)(H,28,30)/b11-8+/t22-/m1/s1. The molecule has 0 fully saturated rings. The largest absolute Gasteiger partial charge is 0.368 e. The number of carbonyl (C=O) groups excluding carboxylic acids is 2. The van der Waals surface area contributed by atoms with Crippen molar-refractivity contribution in [2.45, 2.75) is 12.5 Å². The first-order valence-electron chi connectivity index (χ1n) is 9.73. The lowest BCUT2D eigenvalue weighted by atomic mass is 10.0. The van der Waals surface area contributed by atoms with Gasteiger partial charge in [0, 0.05) is 10.8 Å². The van der Waals surface area contributed by atoms with Crippen molar-refractivity contribution in [1.82, 2.24) is 10.3 Å². The van der Waals surface area contributed by atoms with Gasteiger partial charge in [-0.25, -0.2) is 4.98 Å². The van der Waals surface area contributed by atoms with Gasteiger partial charge in [-0.2, -0.15) is 0 Å². The normalized spacial score (nSPS) is 12.3. The quantitative estimate of drug-likeness (QED) is 0.483. The summed E-state index contributed by atoms with van der Waals surface area (Å²) in [6.07, 6.45) is 4.05. The summed E-state index contributed by atoms with van der Waals surface area (Å²) in [6, 6.07) is 23.9. The predicted octanol–water partition coefficient (Wildman–Crippen LogP) is 4.08. The number of carbonyl (C=O) groups is 2. The Balaban J connectivity index is 1.65. The number of nitrogens with two attached hydrogens (primary N) is 1.